The minimum atomic E-state index is -0.329. The van der Waals surface area contributed by atoms with Crippen molar-refractivity contribution in [2.75, 3.05) is 5.73 Å². The van der Waals surface area contributed by atoms with Crippen LogP contribution in [0, 0.1) is 12.7 Å². The van der Waals surface area contributed by atoms with Crippen LogP contribution in [0.3, 0.4) is 0 Å². The molecule has 16 heavy (non-hydrogen) atoms. The third kappa shape index (κ3) is 1.97. The molecule has 1 aromatic carbocycles. The van der Waals surface area contributed by atoms with Gasteiger partial charge in [0.25, 0.3) is 0 Å². The number of halogens is 2. The van der Waals surface area contributed by atoms with E-state index in [1.54, 1.807) is 19.1 Å². The fourth-order valence-electron chi connectivity index (χ4n) is 1.53. The Labute approximate surface area is 97.1 Å². The summed E-state index contributed by atoms with van der Waals surface area (Å²) in [4.78, 5) is 7.85. The summed E-state index contributed by atoms with van der Waals surface area (Å²) >= 11 is 5.97. The van der Waals surface area contributed by atoms with E-state index in [1.165, 1.54) is 12.1 Å². The van der Waals surface area contributed by atoms with Crippen molar-refractivity contribution < 1.29 is 4.39 Å². The molecule has 0 aliphatic rings. The van der Waals surface area contributed by atoms with Crippen LogP contribution in [0.4, 0.5) is 10.3 Å². The highest BCUT2D eigenvalue weighted by molar-refractivity contribution is 6.32. The van der Waals surface area contributed by atoms with Crippen LogP contribution in [-0.4, -0.2) is 9.97 Å². The van der Waals surface area contributed by atoms with Crippen LogP contribution in [0.1, 0.15) is 5.69 Å². The third-order valence-electron chi connectivity index (χ3n) is 2.18. The number of nitrogens with two attached hydrogens (primary N) is 1. The molecule has 0 bridgehead atoms. The zero-order valence-corrected chi connectivity index (χ0v) is 9.29. The number of nitrogens with zero attached hydrogens (tertiary/aromatic N) is 2. The van der Waals surface area contributed by atoms with Crippen LogP contribution < -0.4 is 5.73 Å². The zero-order valence-electron chi connectivity index (χ0n) is 8.54. The van der Waals surface area contributed by atoms with Gasteiger partial charge in [-0.15, -0.1) is 0 Å². The number of benzene rings is 1. The predicted molar refractivity (Wildman–Crippen MR) is 61.6 cm³/mol. The Bertz CT molecular complexity index is 519. The molecule has 2 aromatic rings. The molecular formula is C11H9ClFN3. The van der Waals surface area contributed by atoms with E-state index < -0.39 is 0 Å². The lowest BCUT2D eigenvalue weighted by atomic mass is 10.1. The highest BCUT2D eigenvalue weighted by atomic mass is 35.5. The van der Waals surface area contributed by atoms with Crippen molar-refractivity contribution in [3.63, 3.8) is 0 Å². The van der Waals surface area contributed by atoms with Crippen LogP contribution in [-0.2, 0) is 0 Å². The Hall–Kier alpha value is -1.68. The predicted octanol–water partition coefficient (Wildman–Crippen LogP) is 2.83. The molecule has 1 heterocycles. The first-order chi connectivity index (χ1) is 7.58. The fraction of sp³-hybridized carbons (Fsp3) is 0.0909. The Balaban J connectivity index is 2.64. The van der Waals surface area contributed by atoms with Gasteiger partial charge in [0.1, 0.15) is 11.0 Å². The summed E-state index contributed by atoms with van der Waals surface area (Å²) in [5.41, 5.74) is 7.33. The van der Waals surface area contributed by atoms with Gasteiger partial charge in [-0.1, -0.05) is 23.7 Å². The zero-order chi connectivity index (χ0) is 11.7. The van der Waals surface area contributed by atoms with Crippen LogP contribution in [0.5, 0.6) is 0 Å². The highest BCUT2D eigenvalue weighted by Gasteiger charge is 2.11. The van der Waals surface area contributed by atoms with E-state index in [0.29, 0.717) is 16.8 Å². The average Bonchev–Trinajstić information content (AvgIpc) is 2.15. The number of aromatic nitrogens is 2. The van der Waals surface area contributed by atoms with Crippen molar-refractivity contribution in [2.45, 2.75) is 6.92 Å². The lowest BCUT2D eigenvalue weighted by molar-refractivity contribution is 0.628. The maximum Gasteiger partial charge on any atom is 0.221 e. The van der Waals surface area contributed by atoms with Crippen LogP contribution >= 0.6 is 11.6 Å². The third-order valence-corrected chi connectivity index (χ3v) is 2.45. The van der Waals surface area contributed by atoms with E-state index >= 15 is 0 Å². The molecule has 0 aliphatic heterocycles. The molecule has 0 unspecified atom stereocenters. The van der Waals surface area contributed by atoms with Gasteiger partial charge in [-0.2, -0.15) is 0 Å². The Morgan fingerprint density at radius 1 is 1.31 bits per heavy atom. The second kappa shape index (κ2) is 4.06. The standard InChI is InChI=1S/C11H9ClFN3/c1-6-9(10(12)16-11(14)15-6)7-3-2-4-8(13)5-7/h2-5H,1H3,(H2,14,15,16). The summed E-state index contributed by atoms with van der Waals surface area (Å²) in [5, 5.41) is 0.232. The monoisotopic (exact) mass is 237 g/mol. The SMILES string of the molecule is Cc1nc(N)nc(Cl)c1-c1cccc(F)c1. The van der Waals surface area contributed by atoms with Crippen molar-refractivity contribution in [1.29, 1.82) is 0 Å². The normalized spacial score (nSPS) is 10.4. The molecule has 0 fully saturated rings. The van der Waals surface area contributed by atoms with Gasteiger partial charge < -0.3 is 5.73 Å². The first-order valence-corrected chi connectivity index (χ1v) is 5.01. The van der Waals surface area contributed by atoms with Crippen LogP contribution in [0.15, 0.2) is 24.3 Å². The second-order valence-electron chi connectivity index (χ2n) is 3.34. The van der Waals surface area contributed by atoms with Gasteiger partial charge in [-0.25, -0.2) is 14.4 Å². The van der Waals surface area contributed by atoms with E-state index in [9.17, 15) is 4.39 Å². The van der Waals surface area contributed by atoms with E-state index in [-0.39, 0.29) is 16.9 Å². The molecule has 3 nitrogen and oxygen atoms in total. The van der Waals surface area contributed by atoms with Gasteiger partial charge in [-0.05, 0) is 24.6 Å². The molecule has 2 N–H and O–H groups in total. The minimum Gasteiger partial charge on any atom is -0.368 e. The van der Waals surface area contributed by atoms with Crippen molar-refractivity contribution in [2.24, 2.45) is 0 Å². The Morgan fingerprint density at radius 2 is 2.06 bits per heavy atom. The van der Waals surface area contributed by atoms with Gasteiger partial charge in [0.15, 0.2) is 0 Å². The molecule has 0 spiro atoms. The van der Waals surface area contributed by atoms with E-state index in [4.69, 9.17) is 17.3 Å². The van der Waals surface area contributed by atoms with Gasteiger partial charge >= 0.3 is 0 Å². The molecular weight excluding hydrogens is 229 g/mol. The first-order valence-electron chi connectivity index (χ1n) is 4.63. The molecule has 0 saturated carbocycles. The summed E-state index contributed by atoms with van der Waals surface area (Å²) in [7, 11) is 0. The second-order valence-corrected chi connectivity index (χ2v) is 3.70. The van der Waals surface area contributed by atoms with E-state index in [1.807, 2.05) is 0 Å². The summed E-state index contributed by atoms with van der Waals surface area (Å²) in [6, 6.07) is 6.10. The summed E-state index contributed by atoms with van der Waals surface area (Å²) < 4.78 is 13.1. The largest absolute Gasteiger partial charge is 0.368 e. The molecule has 1 aromatic heterocycles. The molecule has 5 heteroatoms. The van der Waals surface area contributed by atoms with Crippen LogP contribution in [0.2, 0.25) is 5.15 Å². The molecule has 0 saturated heterocycles. The number of hydrogen-bond acceptors (Lipinski definition) is 3. The quantitative estimate of drug-likeness (QED) is 0.776. The minimum absolute atomic E-state index is 0.114. The van der Waals surface area contributed by atoms with E-state index in [2.05, 4.69) is 9.97 Å². The number of hydrogen-bond donors (Lipinski definition) is 1. The van der Waals surface area contributed by atoms with Gasteiger partial charge in [-0.3, -0.25) is 0 Å². The maximum atomic E-state index is 13.1. The van der Waals surface area contributed by atoms with Crippen molar-refractivity contribution in [1.82, 2.24) is 9.97 Å². The number of rotatable bonds is 1. The van der Waals surface area contributed by atoms with Crippen molar-refractivity contribution >= 4 is 17.5 Å². The average molecular weight is 238 g/mol. The molecule has 2 rings (SSSR count). The topological polar surface area (TPSA) is 51.8 Å². The fourth-order valence-corrected chi connectivity index (χ4v) is 1.86. The smallest absolute Gasteiger partial charge is 0.221 e. The molecule has 0 atom stereocenters. The van der Waals surface area contributed by atoms with Gasteiger partial charge in [0.2, 0.25) is 5.95 Å². The van der Waals surface area contributed by atoms with E-state index in [0.717, 1.165) is 0 Å². The summed E-state index contributed by atoms with van der Waals surface area (Å²) in [6.45, 7) is 1.75. The molecule has 0 aliphatic carbocycles. The summed E-state index contributed by atoms with van der Waals surface area (Å²) in [6.07, 6.45) is 0. The summed E-state index contributed by atoms with van der Waals surface area (Å²) in [5.74, 6) is -0.215. The lowest BCUT2D eigenvalue weighted by Crippen LogP contribution is -1.99. The maximum absolute atomic E-state index is 13.1. The molecule has 0 amide bonds. The Kier molecular flexibility index (Phi) is 2.75. The Morgan fingerprint density at radius 3 is 2.69 bits per heavy atom. The first kappa shape index (κ1) is 10.8. The number of nitrogen functional groups attached to an aromatic ring is 1. The number of anilines is 1. The molecule has 0 radical (unpaired) electrons. The van der Waals surface area contributed by atoms with Gasteiger partial charge in [0.05, 0.1) is 5.69 Å². The van der Waals surface area contributed by atoms with Gasteiger partial charge in [0, 0.05) is 5.56 Å². The number of aryl methyl sites for hydroxylation is 1. The highest BCUT2D eigenvalue weighted by Crippen LogP contribution is 2.29. The van der Waals surface area contributed by atoms with Crippen LogP contribution in [0.25, 0.3) is 11.1 Å². The molecule has 82 valence electrons. The van der Waals surface area contributed by atoms with Crippen molar-refractivity contribution in [3.8, 4) is 11.1 Å². The lowest BCUT2D eigenvalue weighted by Gasteiger charge is -2.07. The van der Waals surface area contributed by atoms with Crippen molar-refractivity contribution in [3.05, 3.63) is 40.9 Å².